The van der Waals surface area contributed by atoms with Crippen molar-refractivity contribution in [1.82, 2.24) is 10.2 Å². The van der Waals surface area contributed by atoms with Crippen molar-refractivity contribution in [3.63, 3.8) is 0 Å². The third-order valence-corrected chi connectivity index (χ3v) is 4.92. The normalized spacial score (nSPS) is 23.0. The number of rotatable bonds is 6. The summed E-state index contributed by atoms with van der Waals surface area (Å²) in [5.74, 6) is 1.56. The monoisotopic (exact) mass is 307 g/mol. The number of hydrogen-bond acceptors (Lipinski definition) is 4. The molecule has 2 atom stereocenters. The molecule has 1 aliphatic heterocycles. The fraction of sp³-hybridized carbons (Fsp3) is 0.562. The first-order valence-corrected chi connectivity index (χ1v) is 8.56. The molecule has 1 aliphatic rings. The van der Waals surface area contributed by atoms with Gasteiger partial charge in [-0.05, 0) is 31.0 Å². The summed E-state index contributed by atoms with van der Waals surface area (Å²) >= 11 is 1.76. The van der Waals surface area contributed by atoms with E-state index in [9.17, 15) is 4.79 Å². The van der Waals surface area contributed by atoms with E-state index in [4.69, 9.17) is 5.73 Å². The van der Waals surface area contributed by atoms with E-state index in [1.807, 2.05) is 18.2 Å². The summed E-state index contributed by atoms with van der Waals surface area (Å²) in [5.41, 5.74) is 6.05. The number of carbonyl (C=O) groups is 1. The summed E-state index contributed by atoms with van der Waals surface area (Å²) in [7, 11) is 0. The molecule has 0 bridgehead atoms. The van der Waals surface area contributed by atoms with E-state index >= 15 is 0 Å². The van der Waals surface area contributed by atoms with Gasteiger partial charge in [-0.1, -0.05) is 25.1 Å². The molecule has 2 unspecified atom stereocenters. The molecule has 116 valence electrons. The number of hydrogen-bond donors (Lipinski definition) is 2. The van der Waals surface area contributed by atoms with Gasteiger partial charge in [0, 0.05) is 29.8 Å². The highest BCUT2D eigenvalue weighted by molar-refractivity contribution is 7.99. The van der Waals surface area contributed by atoms with Crippen LogP contribution in [-0.4, -0.2) is 48.8 Å². The number of nitrogens with zero attached hydrogens (tertiary/aromatic N) is 1. The van der Waals surface area contributed by atoms with E-state index in [2.05, 4.69) is 29.3 Å². The molecule has 5 heteroatoms. The zero-order chi connectivity index (χ0) is 15.1. The standard InChI is InChI=1S/C16H25N3OS/c1-13-7-9-19(11-15(13)17)12-16(20)18-8-10-21-14-5-3-2-4-6-14/h2-6,13,15H,7-12,17H2,1H3,(H,18,20). The van der Waals surface area contributed by atoms with Crippen LogP contribution in [-0.2, 0) is 4.79 Å². The molecule has 1 heterocycles. The molecule has 1 amide bonds. The number of benzene rings is 1. The average Bonchev–Trinajstić information content (AvgIpc) is 2.49. The molecule has 0 aliphatic carbocycles. The van der Waals surface area contributed by atoms with Gasteiger partial charge in [0.15, 0.2) is 0 Å². The van der Waals surface area contributed by atoms with Gasteiger partial charge < -0.3 is 11.1 Å². The lowest BCUT2D eigenvalue weighted by molar-refractivity contribution is -0.122. The van der Waals surface area contributed by atoms with Crippen LogP contribution in [0.5, 0.6) is 0 Å². The Balaban J connectivity index is 1.59. The Morgan fingerprint density at radius 1 is 1.43 bits per heavy atom. The number of amides is 1. The third kappa shape index (κ3) is 5.69. The van der Waals surface area contributed by atoms with Crippen LogP contribution in [0.15, 0.2) is 35.2 Å². The van der Waals surface area contributed by atoms with Crippen LogP contribution >= 0.6 is 11.8 Å². The Hall–Kier alpha value is -1.04. The van der Waals surface area contributed by atoms with Crippen molar-refractivity contribution >= 4 is 17.7 Å². The number of thioether (sulfide) groups is 1. The summed E-state index contributed by atoms with van der Waals surface area (Å²) < 4.78 is 0. The van der Waals surface area contributed by atoms with Crippen molar-refractivity contribution in [2.24, 2.45) is 11.7 Å². The van der Waals surface area contributed by atoms with Gasteiger partial charge in [-0.15, -0.1) is 11.8 Å². The minimum absolute atomic E-state index is 0.102. The van der Waals surface area contributed by atoms with Gasteiger partial charge in [-0.25, -0.2) is 0 Å². The lowest BCUT2D eigenvalue weighted by Crippen LogP contribution is -2.50. The first-order valence-electron chi connectivity index (χ1n) is 7.57. The van der Waals surface area contributed by atoms with Gasteiger partial charge in [0.25, 0.3) is 0 Å². The van der Waals surface area contributed by atoms with Crippen molar-refractivity contribution in [1.29, 1.82) is 0 Å². The number of carbonyl (C=O) groups excluding carboxylic acids is 1. The highest BCUT2D eigenvalue weighted by atomic mass is 32.2. The van der Waals surface area contributed by atoms with E-state index in [1.165, 1.54) is 4.90 Å². The minimum atomic E-state index is 0.102. The van der Waals surface area contributed by atoms with Crippen LogP contribution in [0.1, 0.15) is 13.3 Å². The molecule has 0 radical (unpaired) electrons. The molecule has 1 fully saturated rings. The molecule has 1 saturated heterocycles. The molecular weight excluding hydrogens is 282 g/mol. The summed E-state index contributed by atoms with van der Waals surface area (Å²) in [4.78, 5) is 15.3. The van der Waals surface area contributed by atoms with Crippen LogP contribution in [0.25, 0.3) is 0 Å². The van der Waals surface area contributed by atoms with Crippen molar-refractivity contribution in [3.05, 3.63) is 30.3 Å². The van der Waals surface area contributed by atoms with Gasteiger partial charge in [0.2, 0.25) is 5.91 Å². The van der Waals surface area contributed by atoms with Gasteiger partial charge in [0.05, 0.1) is 6.54 Å². The van der Waals surface area contributed by atoms with Gasteiger partial charge in [0.1, 0.15) is 0 Å². The average molecular weight is 307 g/mol. The smallest absolute Gasteiger partial charge is 0.234 e. The zero-order valence-corrected chi connectivity index (χ0v) is 13.4. The second kappa shape index (κ2) is 8.41. The quantitative estimate of drug-likeness (QED) is 0.619. The molecule has 0 saturated carbocycles. The fourth-order valence-electron chi connectivity index (χ4n) is 2.45. The lowest BCUT2D eigenvalue weighted by atomic mass is 9.94. The summed E-state index contributed by atoms with van der Waals surface area (Å²) in [6.45, 7) is 5.16. The SMILES string of the molecule is CC1CCN(CC(=O)NCCSc2ccccc2)CC1N. The first kappa shape index (κ1) is 16.3. The van der Waals surface area contributed by atoms with Crippen molar-refractivity contribution in [3.8, 4) is 0 Å². The van der Waals surface area contributed by atoms with E-state index < -0.39 is 0 Å². The van der Waals surface area contributed by atoms with E-state index in [0.717, 1.165) is 25.3 Å². The molecule has 0 aromatic heterocycles. The molecule has 3 N–H and O–H groups in total. The van der Waals surface area contributed by atoms with Gasteiger partial charge >= 0.3 is 0 Å². The zero-order valence-electron chi connectivity index (χ0n) is 12.6. The summed E-state index contributed by atoms with van der Waals surface area (Å²) in [6, 6.07) is 10.4. The molecule has 1 aromatic rings. The van der Waals surface area contributed by atoms with Crippen LogP contribution in [0.3, 0.4) is 0 Å². The predicted octanol–water partition coefficient (Wildman–Crippen LogP) is 1.56. The number of nitrogens with two attached hydrogens (primary N) is 1. The second-order valence-electron chi connectivity index (χ2n) is 5.68. The predicted molar refractivity (Wildman–Crippen MR) is 88.4 cm³/mol. The second-order valence-corrected chi connectivity index (χ2v) is 6.84. The molecule has 21 heavy (non-hydrogen) atoms. The Morgan fingerprint density at radius 2 is 2.19 bits per heavy atom. The summed E-state index contributed by atoms with van der Waals surface area (Å²) in [6.07, 6.45) is 1.08. The maximum absolute atomic E-state index is 11.9. The van der Waals surface area contributed by atoms with Crippen LogP contribution in [0, 0.1) is 5.92 Å². The number of piperidine rings is 1. The van der Waals surface area contributed by atoms with Crippen LogP contribution in [0.4, 0.5) is 0 Å². The Bertz CT molecular complexity index is 440. The van der Waals surface area contributed by atoms with Crippen molar-refractivity contribution < 1.29 is 4.79 Å². The van der Waals surface area contributed by atoms with E-state index in [0.29, 0.717) is 19.0 Å². The Labute approximate surface area is 131 Å². The van der Waals surface area contributed by atoms with Gasteiger partial charge in [-0.2, -0.15) is 0 Å². The minimum Gasteiger partial charge on any atom is -0.354 e. The van der Waals surface area contributed by atoms with Crippen molar-refractivity contribution in [2.45, 2.75) is 24.3 Å². The lowest BCUT2D eigenvalue weighted by Gasteiger charge is -2.34. The van der Waals surface area contributed by atoms with Gasteiger partial charge in [-0.3, -0.25) is 9.69 Å². The molecule has 4 nitrogen and oxygen atoms in total. The molecular formula is C16H25N3OS. The largest absolute Gasteiger partial charge is 0.354 e. The number of nitrogens with one attached hydrogen (secondary N) is 1. The maximum Gasteiger partial charge on any atom is 0.234 e. The number of likely N-dealkylation sites (tertiary alicyclic amines) is 1. The van der Waals surface area contributed by atoms with Crippen LogP contribution in [0.2, 0.25) is 0 Å². The Kier molecular flexibility index (Phi) is 6.54. The Morgan fingerprint density at radius 3 is 2.90 bits per heavy atom. The topological polar surface area (TPSA) is 58.4 Å². The highest BCUT2D eigenvalue weighted by Gasteiger charge is 2.24. The fourth-order valence-corrected chi connectivity index (χ4v) is 3.24. The first-order chi connectivity index (χ1) is 10.1. The van der Waals surface area contributed by atoms with Crippen LogP contribution < -0.4 is 11.1 Å². The molecule has 0 spiro atoms. The molecule has 1 aromatic carbocycles. The maximum atomic E-state index is 11.9. The molecule has 2 rings (SSSR count). The summed E-state index contributed by atoms with van der Waals surface area (Å²) in [5, 5.41) is 2.98. The van der Waals surface area contributed by atoms with Crippen molar-refractivity contribution in [2.75, 3.05) is 31.9 Å². The van der Waals surface area contributed by atoms with E-state index in [1.54, 1.807) is 11.8 Å². The highest BCUT2D eigenvalue weighted by Crippen LogP contribution is 2.16. The third-order valence-electron chi connectivity index (χ3n) is 3.90. The van der Waals surface area contributed by atoms with E-state index in [-0.39, 0.29) is 11.9 Å².